The maximum Gasteiger partial charge on any atom is 0.253 e. The number of amides is 1. The normalized spacial score (nSPS) is 14.6. The van der Waals surface area contributed by atoms with Crippen LogP contribution in [0.3, 0.4) is 0 Å². The van der Waals surface area contributed by atoms with Gasteiger partial charge in [0.2, 0.25) is 5.88 Å². The second kappa shape index (κ2) is 7.62. The lowest BCUT2D eigenvalue weighted by Crippen LogP contribution is -2.42. The summed E-state index contributed by atoms with van der Waals surface area (Å²) in [4.78, 5) is 22.6. The van der Waals surface area contributed by atoms with Gasteiger partial charge in [-0.25, -0.2) is 9.97 Å². The molecule has 3 rings (SSSR count). The van der Waals surface area contributed by atoms with Gasteiger partial charge in [-0.05, 0) is 37.1 Å². The van der Waals surface area contributed by atoms with Gasteiger partial charge in [-0.15, -0.1) is 0 Å². The molecule has 7 heteroatoms. The van der Waals surface area contributed by atoms with Crippen molar-refractivity contribution >= 4 is 11.7 Å². The van der Waals surface area contributed by atoms with Gasteiger partial charge in [0, 0.05) is 30.8 Å². The Morgan fingerprint density at radius 1 is 1.28 bits per heavy atom. The number of nitrogens with zero attached hydrogens (tertiary/aromatic N) is 4. The topological polar surface area (TPSA) is 91.1 Å². The van der Waals surface area contributed by atoms with Crippen LogP contribution in [0.1, 0.15) is 28.8 Å². The summed E-state index contributed by atoms with van der Waals surface area (Å²) < 4.78 is 5.09. The first kappa shape index (κ1) is 16.7. The number of anilines is 1. The first-order valence-electron chi connectivity index (χ1n) is 8.11. The highest BCUT2D eigenvalue weighted by molar-refractivity contribution is 5.94. The summed E-state index contributed by atoms with van der Waals surface area (Å²) in [5.41, 5.74) is 1.17. The van der Waals surface area contributed by atoms with E-state index in [1.165, 1.54) is 6.33 Å². The van der Waals surface area contributed by atoms with Gasteiger partial charge in [-0.2, -0.15) is 5.26 Å². The fraction of sp³-hybridized carbons (Fsp3) is 0.333. The molecule has 25 heavy (non-hydrogen) atoms. The summed E-state index contributed by atoms with van der Waals surface area (Å²) in [6, 6.07) is 10.8. The fourth-order valence-electron chi connectivity index (χ4n) is 2.84. The van der Waals surface area contributed by atoms with E-state index in [2.05, 4.69) is 21.4 Å². The van der Waals surface area contributed by atoms with E-state index in [-0.39, 0.29) is 11.9 Å². The van der Waals surface area contributed by atoms with Crippen LogP contribution in [0.2, 0.25) is 0 Å². The molecule has 0 saturated carbocycles. The van der Waals surface area contributed by atoms with Crippen LogP contribution in [0, 0.1) is 11.3 Å². The zero-order valence-electron chi connectivity index (χ0n) is 14.0. The average Bonchev–Trinajstić information content (AvgIpc) is 2.68. The lowest BCUT2D eigenvalue weighted by molar-refractivity contribution is 0.0718. The molecule has 7 nitrogen and oxygen atoms in total. The minimum Gasteiger partial charge on any atom is -0.481 e. The first-order chi connectivity index (χ1) is 12.2. The van der Waals surface area contributed by atoms with Crippen molar-refractivity contribution in [3.8, 4) is 11.9 Å². The summed E-state index contributed by atoms with van der Waals surface area (Å²) in [5.74, 6) is 1.25. The SMILES string of the molecule is COc1cc(NC2CCN(C(=O)c3ccc(C#N)cc3)CC2)ncn1. The highest BCUT2D eigenvalue weighted by Crippen LogP contribution is 2.19. The fourth-order valence-corrected chi connectivity index (χ4v) is 2.84. The van der Waals surface area contributed by atoms with E-state index in [1.807, 2.05) is 4.90 Å². The summed E-state index contributed by atoms with van der Waals surface area (Å²) in [6.45, 7) is 1.36. The molecular weight excluding hydrogens is 318 g/mol. The lowest BCUT2D eigenvalue weighted by Gasteiger charge is -2.32. The number of nitrogens with one attached hydrogen (secondary N) is 1. The van der Waals surface area contributed by atoms with Crippen LogP contribution < -0.4 is 10.1 Å². The second-order valence-electron chi connectivity index (χ2n) is 5.85. The zero-order valence-corrected chi connectivity index (χ0v) is 14.0. The molecule has 1 aromatic carbocycles. The Hall–Kier alpha value is -3.14. The van der Waals surface area contributed by atoms with Crippen molar-refractivity contribution in [2.24, 2.45) is 0 Å². The molecule has 1 aliphatic rings. The third-order valence-corrected chi connectivity index (χ3v) is 4.25. The molecule has 0 spiro atoms. The van der Waals surface area contributed by atoms with Gasteiger partial charge >= 0.3 is 0 Å². The Bertz CT molecular complexity index is 777. The average molecular weight is 337 g/mol. The summed E-state index contributed by atoms with van der Waals surface area (Å²) >= 11 is 0. The summed E-state index contributed by atoms with van der Waals surface area (Å²) in [6.07, 6.45) is 3.15. The van der Waals surface area contributed by atoms with Crippen LogP contribution >= 0.6 is 0 Å². The Morgan fingerprint density at radius 2 is 2.00 bits per heavy atom. The maximum absolute atomic E-state index is 12.5. The third kappa shape index (κ3) is 4.04. The van der Waals surface area contributed by atoms with E-state index in [9.17, 15) is 4.79 Å². The Kier molecular flexibility index (Phi) is 5.09. The summed E-state index contributed by atoms with van der Waals surface area (Å²) in [7, 11) is 1.57. The Balaban J connectivity index is 1.55. The van der Waals surface area contributed by atoms with Crippen LogP contribution in [0.25, 0.3) is 0 Å². The number of methoxy groups -OCH3 is 1. The molecule has 1 amide bonds. The standard InChI is InChI=1S/C18H19N5O2/c1-25-17-10-16(20-12-21-17)22-15-6-8-23(9-7-15)18(24)14-4-2-13(11-19)3-5-14/h2-5,10,12,15H,6-9H2,1H3,(H,20,21,22). The second-order valence-corrected chi connectivity index (χ2v) is 5.85. The summed E-state index contributed by atoms with van der Waals surface area (Å²) in [5, 5.41) is 12.2. The van der Waals surface area contributed by atoms with Crippen molar-refractivity contribution < 1.29 is 9.53 Å². The Labute approximate surface area is 146 Å². The third-order valence-electron chi connectivity index (χ3n) is 4.25. The molecule has 2 heterocycles. The van der Waals surface area contributed by atoms with E-state index >= 15 is 0 Å². The van der Waals surface area contributed by atoms with Gasteiger partial charge in [0.25, 0.3) is 5.91 Å². The number of ether oxygens (including phenoxy) is 1. The molecule has 1 N–H and O–H groups in total. The van der Waals surface area contributed by atoms with Crippen LogP contribution in [0.5, 0.6) is 5.88 Å². The van der Waals surface area contributed by atoms with Crippen LogP contribution in [0.4, 0.5) is 5.82 Å². The van der Waals surface area contributed by atoms with Gasteiger partial charge in [0.1, 0.15) is 12.1 Å². The number of aromatic nitrogens is 2. The number of carbonyl (C=O) groups excluding carboxylic acids is 1. The van der Waals surface area contributed by atoms with Crippen molar-refractivity contribution in [3.63, 3.8) is 0 Å². The van der Waals surface area contributed by atoms with Gasteiger partial charge in [-0.3, -0.25) is 4.79 Å². The number of hydrogen-bond donors (Lipinski definition) is 1. The molecule has 0 bridgehead atoms. The minimum absolute atomic E-state index is 0.00615. The zero-order chi connectivity index (χ0) is 17.6. The molecule has 2 aromatic rings. The molecule has 1 aliphatic heterocycles. The van der Waals surface area contributed by atoms with E-state index in [4.69, 9.17) is 10.00 Å². The van der Waals surface area contributed by atoms with Crippen LogP contribution in [0.15, 0.2) is 36.7 Å². The number of benzene rings is 1. The van der Waals surface area contributed by atoms with Gasteiger partial charge < -0.3 is 15.0 Å². The molecule has 0 radical (unpaired) electrons. The Morgan fingerprint density at radius 3 is 2.64 bits per heavy atom. The van der Waals surface area contributed by atoms with E-state index in [0.717, 1.165) is 18.7 Å². The maximum atomic E-state index is 12.5. The van der Waals surface area contributed by atoms with Crippen LogP contribution in [-0.4, -0.2) is 47.0 Å². The van der Waals surface area contributed by atoms with E-state index in [1.54, 1.807) is 37.4 Å². The lowest BCUT2D eigenvalue weighted by atomic mass is 10.0. The highest BCUT2D eigenvalue weighted by atomic mass is 16.5. The molecule has 1 aromatic heterocycles. The van der Waals surface area contributed by atoms with Gasteiger partial charge in [0.15, 0.2) is 0 Å². The number of nitriles is 1. The van der Waals surface area contributed by atoms with Gasteiger partial charge in [0.05, 0.1) is 18.7 Å². The number of hydrogen-bond acceptors (Lipinski definition) is 6. The van der Waals surface area contributed by atoms with Crippen molar-refractivity contribution in [2.45, 2.75) is 18.9 Å². The monoisotopic (exact) mass is 337 g/mol. The predicted molar refractivity (Wildman–Crippen MR) is 92.3 cm³/mol. The number of carbonyl (C=O) groups is 1. The molecule has 128 valence electrons. The highest BCUT2D eigenvalue weighted by Gasteiger charge is 2.23. The molecule has 1 fully saturated rings. The molecule has 1 saturated heterocycles. The van der Waals surface area contributed by atoms with Crippen molar-refractivity contribution in [1.82, 2.24) is 14.9 Å². The van der Waals surface area contributed by atoms with Crippen molar-refractivity contribution in [1.29, 1.82) is 5.26 Å². The van der Waals surface area contributed by atoms with Gasteiger partial charge in [-0.1, -0.05) is 0 Å². The smallest absolute Gasteiger partial charge is 0.253 e. The number of piperidine rings is 1. The van der Waals surface area contributed by atoms with Crippen molar-refractivity contribution in [3.05, 3.63) is 47.8 Å². The molecule has 0 aliphatic carbocycles. The predicted octanol–water partition coefficient (Wildman–Crippen LogP) is 2.07. The van der Waals surface area contributed by atoms with Crippen molar-refractivity contribution in [2.75, 3.05) is 25.5 Å². The van der Waals surface area contributed by atoms with Crippen LogP contribution in [-0.2, 0) is 0 Å². The molecule has 0 atom stereocenters. The molecule has 0 unspecified atom stereocenters. The number of likely N-dealkylation sites (tertiary alicyclic amines) is 1. The largest absolute Gasteiger partial charge is 0.481 e. The first-order valence-corrected chi connectivity index (χ1v) is 8.11. The van der Waals surface area contributed by atoms with E-state index in [0.29, 0.717) is 30.1 Å². The minimum atomic E-state index is 0.00615. The number of rotatable bonds is 4. The quantitative estimate of drug-likeness (QED) is 0.918. The molecular formula is C18H19N5O2. The van der Waals surface area contributed by atoms with E-state index < -0.39 is 0 Å².